The van der Waals surface area contributed by atoms with Crippen LogP contribution in [0, 0.1) is 0 Å². The Kier molecular flexibility index (Phi) is 4.17. The van der Waals surface area contributed by atoms with Gasteiger partial charge in [0.1, 0.15) is 6.61 Å². The molecular weight excluding hydrogens is 209 g/mol. The molecule has 0 atom stereocenters. The van der Waals surface area contributed by atoms with Crippen molar-refractivity contribution in [2.45, 2.75) is 0 Å². The molecule has 0 saturated heterocycles. The van der Waals surface area contributed by atoms with Crippen LogP contribution in [0.15, 0.2) is 0 Å². The number of alkyl halides is 1. The second-order valence-electron chi connectivity index (χ2n) is 0.825. The molecule has 0 aromatic carbocycles. The summed E-state index contributed by atoms with van der Waals surface area (Å²) in [5.41, 5.74) is 6.22. The third-order valence-electron chi connectivity index (χ3n) is 0.310. The number of carbonyl (C=O) groups excluding carboxylic acids is 1. The van der Waals surface area contributed by atoms with E-state index in [1.807, 2.05) is 0 Å². The minimum absolute atomic E-state index is 0.350. The van der Waals surface area contributed by atoms with Crippen LogP contribution in [0.2, 0.25) is 0 Å². The second-order valence-corrected chi connectivity index (χ2v) is 1.90. The van der Waals surface area contributed by atoms with Crippen LogP contribution >= 0.6 is 22.6 Å². The molecule has 0 aromatic heterocycles. The fraction of sp³-hybridized carbons (Fsp3) is 0.667. The van der Waals surface area contributed by atoms with E-state index >= 15 is 0 Å². The Morgan fingerprint density at radius 1 is 1.86 bits per heavy atom. The van der Waals surface area contributed by atoms with E-state index in [4.69, 9.17) is 5.73 Å². The molecule has 4 heteroatoms. The van der Waals surface area contributed by atoms with E-state index in [0.29, 0.717) is 6.61 Å². The molecule has 0 rings (SSSR count). The van der Waals surface area contributed by atoms with E-state index in [1.54, 1.807) is 0 Å². The summed E-state index contributed by atoms with van der Waals surface area (Å²) in [6.07, 6.45) is -0.948. The van der Waals surface area contributed by atoms with Crippen LogP contribution in [-0.2, 0) is 4.74 Å². The first-order valence-electron chi connectivity index (χ1n) is 1.71. The zero-order valence-corrected chi connectivity index (χ0v) is 5.77. The lowest BCUT2D eigenvalue weighted by atomic mass is 10.9. The van der Waals surface area contributed by atoms with Crippen molar-refractivity contribution in [2.24, 2.45) is 0 Å². The number of halogens is 1. The molecule has 1 amide bonds. The Morgan fingerprint density at radius 3 is 2.57 bits per heavy atom. The summed E-state index contributed by atoms with van der Waals surface area (Å²) in [6.45, 7) is 0.350. The maximum absolute atomic E-state index is 9.64. The van der Waals surface area contributed by atoms with E-state index < -0.39 is 6.09 Å². The van der Waals surface area contributed by atoms with Crippen LogP contribution in [0.25, 0.3) is 0 Å². The van der Waals surface area contributed by atoms with Crippen molar-refractivity contribution in [1.82, 2.24) is 5.73 Å². The van der Waals surface area contributed by atoms with E-state index in [1.165, 1.54) is 0 Å². The largest absolute Gasteiger partial charge is 0.448 e. The summed E-state index contributed by atoms with van der Waals surface area (Å²) < 4.78 is 4.96. The van der Waals surface area contributed by atoms with Crippen LogP contribution in [0.1, 0.15) is 0 Å². The molecule has 0 unspecified atom stereocenters. The molecule has 0 heterocycles. The topological polar surface area (TPSA) is 50.1 Å². The molecule has 0 fully saturated rings. The zero-order chi connectivity index (χ0) is 5.70. The van der Waals surface area contributed by atoms with Crippen molar-refractivity contribution < 1.29 is 9.53 Å². The average Bonchev–Trinajstić information content (AvgIpc) is 1.61. The second kappa shape index (κ2) is 4.17. The maximum atomic E-state index is 9.64. The quantitative estimate of drug-likeness (QED) is 0.505. The summed E-state index contributed by atoms with van der Waals surface area (Å²) in [6, 6.07) is 0. The van der Waals surface area contributed by atoms with E-state index in [0.717, 1.165) is 4.43 Å². The van der Waals surface area contributed by atoms with Crippen LogP contribution in [0.4, 0.5) is 4.79 Å². The van der Waals surface area contributed by atoms with Gasteiger partial charge in [-0.1, -0.05) is 22.6 Å². The standard InChI is InChI=1S/C3H5INO2/c4-1-2-7-3(5)6/h5H,1-2H2. The SMILES string of the molecule is [NH]C(=O)OCCI. The van der Waals surface area contributed by atoms with Crippen molar-refractivity contribution in [3.05, 3.63) is 0 Å². The summed E-state index contributed by atoms with van der Waals surface area (Å²) in [7, 11) is 0. The number of rotatable bonds is 2. The predicted molar refractivity (Wildman–Crippen MR) is 33.3 cm³/mol. The highest BCUT2D eigenvalue weighted by Crippen LogP contribution is 1.81. The Hall–Kier alpha value is 0. The van der Waals surface area contributed by atoms with Gasteiger partial charge in [0.25, 0.3) is 0 Å². The van der Waals surface area contributed by atoms with Gasteiger partial charge in [-0.15, -0.1) is 0 Å². The van der Waals surface area contributed by atoms with Crippen molar-refractivity contribution in [2.75, 3.05) is 11.0 Å². The fourth-order valence-electron chi connectivity index (χ4n) is 0.131. The van der Waals surface area contributed by atoms with Crippen molar-refractivity contribution in [3.8, 4) is 0 Å². The Bertz CT molecular complexity index is 66.0. The number of hydrogen-bond donors (Lipinski definition) is 0. The number of ether oxygens (including phenoxy) is 1. The van der Waals surface area contributed by atoms with E-state index in [2.05, 4.69) is 27.3 Å². The van der Waals surface area contributed by atoms with Crippen LogP contribution in [-0.4, -0.2) is 17.1 Å². The van der Waals surface area contributed by atoms with E-state index in [9.17, 15) is 4.79 Å². The predicted octanol–water partition coefficient (Wildman–Crippen LogP) is 0.841. The summed E-state index contributed by atoms with van der Waals surface area (Å²) in [4.78, 5) is 9.64. The van der Waals surface area contributed by atoms with Crippen LogP contribution in [0.3, 0.4) is 0 Å². The lowest BCUT2D eigenvalue weighted by Gasteiger charge is -1.91. The molecule has 1 N–H and O–H groups in total. The molecule has 0 aromatic rings. The minimum Gasteiger partial charge on any atom is -0.448 e. The van der Waals surface area contributed by atoms with Gasteiger partial charge in [0.05, 0.1) is 0 Å². The molecule has 0 bridgehead atoms. The van der Waals surface area contributed by atoms with Gasteiger partial charge in [-0.3, -0.25) is 0 Å². The van der Waals surface area contributed by atoms with Gasteiger partial charge >= 0.3 is 6.09 Å². The van der Waals surface area contributed by atoms with Gasteiger partial charge in [-0.2, -0.15) is 0 Å². The monoisotopic (exact) mass is 214 g/mol. The highest BCUT2D eigenvalue weighted by molar-refractivity contribution is 14.1. The molecule has 0 aliphatic heterocycles. The van der Waals surface area contributed by atoms with Gasteiger partial charge in [0.2, 0.25) is 0 Å². The first-order valence-corrected chi connectivity index (χ1v) is 3.24. The number of nitrogens with one attached hydrogen (secondary N) is 1. The Morgan fingerprint density at radius 2 is 2.43 bits per heavy atom. The number of amides is 1. The maximum Gasteiger partial charge on any atom is 0.426 e. The van der Waals surface area contributed by atoms with Crippen LogP contribution in [0.5, 0.6) is 0 Å². The van der Waals surface area contributed by atoms with Crippen molar-refractivity contribution in [3.63, 3.8) is 0 Å². The van der Waals surface area contributed by atoms with Gasteiger partial charge < -0.3 is 4.74 Å². The van der Waals surface area contributed by atoms with Crippen LogP contribution < -0.4 is 5.73 Å². The van der Waals surface area contributed by atoms with Gasteiger partial charge in [0.15, 0.2) is 0 Å². The molecular formula is C3H5INO2. The highest BCUT2D eigenvalue weighted by Gasteiger charge is 1.88. The first-order chi connectivity index (χ1) is 3.27. The molecule has 0 saturated carbocycles. The Labute approximate surface area is 55.3 Å². The van der Waals surface area contributed by atoms with Gasteiger partial charge in [-0.05, 0) is 0 Å². The average molecular weight is 214 g/mol. The molecule has 0 aliphatic carbocycles. The summed E-state index contributed by atoms with van der Waals surface area (Å²) in [5, 5.41) is 0. The molecule has 0 spiro atoms. The van der Waals surface area contributed by atoms with E-state index in [-0.39, 0.29) is 0 Å². The molecule has 0 aliphatic rings. The van der Waals surface area contributed by atoms with Gasteiger partial charge in [0, 0.05) is 4.43 Å². The smallest absolute Gasteiger partial charge is 0.426 e. The normalized spacial score (nSPS) is 8.14. The number of hydrogen-bond acceptors (Lipinski definition) is 2. The summed E-state index contributed by atoms with van der Waals surface area (Å²) >= 11 is 2.06. The highest BCUT2D eigenvalue weighted by atomic mass is 127. The van der Waals surface area contributed by atoms with Crippen molar-refractivity contribution >= 4 is 28.7 Å². The Balaban J connectivity index is 2.82. The molecule has 7 heavy (non-hydrogen) atoms. The molecule has 41 valence electrons. The number of carbonyl (C=O) groups is 1. The fourth-order valence-corrected chi connectivity index (χ4v) is 0.351. The third-order valence-corrected chi connectivity index (χ3v) is 0.751. The lowest BCUT2D eigenvalue weighted by molar-refractivity contribution is 0.163. The molecule has 3 nitrogen and oxygen atoms in total. The minimum atomic E-state index is -0.948. The zero-order valence-electron chi connectivity index (χ0n) is 3.61. The molecule has 1 radical (unpaired) electrons. The summed E-state index contributed by atoms with van der Waals surface area (Å²) in [5.74, 6) is 0. The first kappa shape index (κ1) is 7.00. The third kappa shape index (κ3) is 6.00. The van der Waals surface area contributed by atoms with Crippen molar-refractivity contribution in [1.29, 1.82) is 0 Å². The lowest BCUT2D eigenvalue weighted by Crippen LogP contribution is -2.03. The van der Waals surface area contributed by atoms with Gasteiger partial charge in [-0.25, -0.2) is 10.5 Å².